The first-order valence-electron chi connectivity index (χ1n) is 5.09. The van der Waals surface area contributed by atoms with Gasteiger partial charge >= 0.3 is 0 Å². The summed E-state index contributed by atoms with van der Waals surface area (Å²) in [6, 6.07) is 0. The molecule has 1 heterocycles. The van der Waals surface area contributed by atoms with Gasteiger partial charge in [-0.05, 0) is 42.6 Å². The predicted octanol–water partition coefficient (Wildman–Crippen LogP) is 1.99. The summed E-state index contributed by atoms with van der Waals surface area (Å²) in [6.07, 6.45) is 4.01. The highest BCUT2D eigenvalue weighted by molar-refractivity contribution is 9.10. The van der Waals surface area contributed by atoms with Crippen LogP contribution in [0.1, 0.15) is 26.7 Å². The van der Waals surface area contributed by atoms with E-state index in [4.69, 9.17) is 0 Å². The van der Waals surface area contributed by atoms with E-state index in [-0.39, 0.29) is 11.1 Å². The van der Waals surface area contributed by atoms with E-state index < -0.39 is 0 Å². The summed E-state index contributed by atoms with van der Waals surface area (Å²) >= 11 is 3.32. The summed E-state index contributed by atoms with van der Waals surface area (Å²) in [6.45, 7) is 4.63. The Morgan fingerprint density at radius 3 is 2.87 bits per heavy atom. The van der Waals surface area contributed by atoms with Crippen molar-refractivity contribution in [1.82, 2.24) is 9.78 Å². The maximum absolute atomic E-state index is 11.7. The van der Waals surface area contributed by atoms with Crippen LogP contribution in [0.15, 0.2) is 15.5 Å². The Kier molecular flexibility index (Phi) is 2.58. The van der Waals surface area contributed by atoms with Gasteiger partial charge in [-0.2, -0.15) is 5.10 Å². The second-order valence-electron chi connectivity index (χ2n) is 4.18. The highest BCUT2D eigenvalue weighted by atomic mass is 79.9. The number of rotatable bonds is 3. The van der Waals surface area contributed by atoms with Gasteiger partial charge in [0.25, 0.3) is 5.56 Å². The normalized spacial score (nSPS) is 17.5. The van der Waals surface area contributed by atoms with Gasteiger partial charge in [0.05, 0.1) is 11.9 Å². The maximum atomic E-state index is 11.7. The Morgan fingerprint density at radius 1 is 1.67 bits per heavy atom. The first kappa shape index (κ1) is 10.7. The molecule has 0 atom stereocenters. The van der Waals surface area contributed by atoms with Crippen LogP contribution in [0.5, 0.6) is 0 Å². The lowest BCUT2D eigenvalue weighted by atomic mass is 10.3. The van der Waals surface area contributed by atoms with Crippen LogP contribution in [0.25, 0.3) is 0 Å². The SMILES string of the molecule is CCn1ncc(NC2(C)CC2)c(Br)c1=O. The van der Waals surface area contributed by atoms with Crippen molar-refractivity contribution in [1.29, 1.82) is 0 Å². The molecule has 0 unspecified atom stereocenters. The fraction of sp³-hybridized carbons (Fsp3) is 0.600. The molecule has 0 bridgehead atoms. The molecule has 1 aliphatic carbocycles. The van der Waals surface area contributed by atoms with Crippen LogP contribution in [0, 0.1) is 0 Å². The van der Waals surface area contributed by atoms with E-state index in [1.165, 1.54) is 4.68 Å². The molecule has 1 aromatic rings. The Labute approximate surface area is 96.8 Å². The molecule has 0 saturated heterocycles. The van der Waals surface area contributed by atoms with Gasteiger partial charge in [0.15, 0.2) is 0 Å². The highest BCUT2D eigenvalue weighted by Crippen LogP contribution is 2.38. The molecule has 1 saturated carbocycles. The molecular formula is C10H14BrN3O. The lowest BCUT2D eigenvalue weighted by molar-refractivity contribution is 0.611. The number of anilines is 1. The molecule has 4 nitrogen and oxygen atoms in total. The molecule has 0 aromatic carbocycles. The van der Waals surface area contributed by atoms with E-state index in [0.717, 1.165) is 18.5 Å². The molecule has 2 rings (SSSR count). The number of aryl methyl sites for hydroxylation is 1. The predicted molar refractivity (Wildman–Crippen MR) is 63.1 cm³/mol. The smallest absolute Gasteiger partial charge is 0.283 e. The minimum absolute atomic E-state index is 0.0771. The average molecular weight is 272 g/mol. The van der Waals surface area contributed by atoms with Crippen molar-refractivity contribution >= 4 is 21.6 Å². The minimum Gasteiger partial charge on any atom is -0.378 e. The topological polar surface area (TPSA) is 46.9 Å². The van der Waals surface area contributed by atoms with Crippen molar-refractivity contribution in [3.8, 4) is 0 Å². The lowest BCUT2D eigenvalue weighted by Gasteiger charge is -2.14. The molecule has 82 valence electrons. The van der Waals surface area contributed by atoms with Crippen molar-refractivity contribution in [2.24, 2.45) is 0 Å². The summed E-state index contributed by atoms with van der Waals surface area (Å²) in [4.78, 5) is 11.7. The number of aromatic nitrogens is 2. The molecule has 0 aliphatic heterocycles. The quantitative estimate of drug-likeness (QED) is 0.915. The third-order valence-electron chi connectivity index (χ3n) is 2.72. The van der Waals surface area contributed by atoms with E-state index in [1.54, 1.807) is 6.20 Å². The third-order valence-corrected chi connectivity index (χ3v) is 3.49. The molecule has 1 N–H and O–H groups in total. The van der Waals surface area contributed by atoms with Gasteiger partial charge in [-0.15, -0.1) is 0 Å². The first-order valence-corrected chi connectivity index (χ1v) is 5.89. The van der Waals surface area contributed by atoms with Crippen molar-refractivity contribution in [2.75, 3.05) is 5.32 Å². The summed E-state index contributed by atoms with van der Waals surface area (Å²) in [5, 5.41) is 7.41. The average Bonchev–Trinajstić information content (AvgIpc) is 2.92. The van der Waals surface area contributed by atoms with Gasteiger partial charge in [-0.25, -0.2) is 4.68 Å². The van der Waals surface area contributed by atoms with Crippen molar-refractivity contribution in [3.05, 3.63) is 21.0 Å². The lowest BCUT2D eigenvalue weighted by Crippen LogP contribution is -2.25. The summed E-state index contributed by atoms with van der Waals surface area (Å²) in [5.41, 5.74) is 0.881. The van der Waals surface area contributed by atoms with Crippen molar-refractivity contribution in [2.45, 2.75) is 38.8 Å². The van der Waals surface area contributed by atoms with Gasteiger partial charge in [-0.1, -0.05) is 0 Å². The fourth-order valence-electron chi connectivity index (χ4n) is 1.42. The highest BCUT2D eigenvalue weighted by Gasteiger charge is 2.37. The van der Waals surface area contributed by atoms with Crippen molar-refractivity contribution < 1.29 is 0 Å². The zero-order valence-corrected chi connectivity index (χ0v) is 10.5. The van der Waals surface area contributed by atoms with Crippen LogP contribution in [0.4, 0.5) is 5.69 Å². The van der Waals surface area contributed by atoms with Crippen molar-refractivity contribution in [3.63, 3.8) is 0 Å². The van der Waals surface area contributed by atoms with Crippen LogP contribution in [0.2, 0.25) is 0 Å². The number of hydrogen-bond donors (Lipinski definition) is 1. The minimum atomic E-state index is -0.0771. The molecular weight excluding hydrogens is 258 g/mol. The Hall–Kier alpha value is -0.840. The first-order chi connectivity index (χ1) is 7.06. The standard InChI is InChI=1S/C10H14BrN3O/c1-3-14-9(15)8(11)7(6-12-14)13-10(2)4-5-10/h6,13H,3-5H2,1-2H3. The van der Waals surface area contributed by atoms with E-state index in [0.29, 0.717) is 11.0 Å². The molecule has 1 fully saturated rings. The number of nitrogens with one attached hydrogen (secondary N) is 1. The van der Waals surface area contributed by atoms with Crippen LogP contribution in [0.3, 0.4) is 0 Å². The Balaban J connectivity index is 2.33. The fourth-order valence-corrected chi connectivity index (χ4v) is 1.82. The second kappa shape index (κ2) is 3.63. The van der Waals surface area contributed by atoms with Gasteiger partial charge in [0.2, 0.25) is 0 Å². The molecule has 0 radical (unpaired) electrons. The summed E-state index contributed by atoms with van der Waals surface area (Å²) in [7, 11) is 0. The van der Waals surface area contributed by atoms with Crippen LogP contribution in [-0.4, -0.2) is 15.3 Å². The zero-order chi connectivity index (χ0) is 11.1. The van der Waals surface area contributed by atoms with Crippen LogP contribution >= 0.6 is 15.9 Å². The zero-order valence-electron chi connectivity index (χ0n) is 8.88. The van der Waals surface area contributed by atoms with Gasteiger partial charge < -0.3 is 5.32 Å². The largest absolute Gasteiger partial charge is 0.378 e. The van der Waals surface area contributed by atoms with Crippen LogP contribution in [-0.2, 0) is 6.54 Å². The number of halogens is 1. The van der Waals surface area contributed by atoms with E-state index in [2.05, 4.69) is 33.3 Å². The van der Waals surface area contributed by atoms with Gasteiger partial charge in [0.1, 0.15) is 4.47 Å². The molecule has 1 aromatic heterocycles. The van der Waals surface area contributed by atoms with Crippen LogP contribution < -0.4 is 10.9 Å². The molecule has 0 spiro atoms. The van der Waals surface area contributed by atoms with E-state index >= 15 is 0 Å². The monoisotopic (exact) mass is 271 g/mol. The molecule has 0 amide bonds. The molecule has 15 heavy (non-hydrogen) atoms. The second-order valence-corrected chi connectivity index (χ2v) is 4.97. The third kappa shape index (κ3) is 2.07. The van der Waals surface area contributed by atoms with E-state index in [1.807, 2.05) is 6.92 Å². The molecule has 5 heteroatoms. The summed E-state index contributed by atoms with van der Waals surface area (Å²) < 4.78 is 2.01. The Morgan fingerprint density at radius 2 is 2.33 bits per heavy atom. The Bertz CT molecular complexity index is 437. The van der Waals surface area contributed by atoms with Gasteiger partial charge in [-0.3, -0.25) is 4.79 Å². The number of hydrogen-bond acceptors (Lipinski definition) is 3. The molecule has 1 aliphatic rings. The summed E-state index contributed by atoms with van der Waals surface area (Å²) in [5.74, 6) is 0. The van der Waals surface area contributed by atoms with Gasteiger partial charge in [0, 0.05) is 12.1 Å². The maximum Gasteiger partial charge on any atom is 0.283 e. The number of nitrogens with zero attached hydrogens (tertiary/aromatic N) is 2. The van der Waals surface area contributed by atoms with E-state index in [9.17, 15) is 4.79 Å².